The van der Waals surface area contributed by atoms with Crippen LogP contribution in [0.2, 0.25) is 0 Å². The molecule has 6 nitrogen and oxygen atoms in total. The summed E-state index contributed by atoms with van der Waals surface area (Å²) in [6.07, 6.45) is 3.79. The quantitative estimate of drug-likeness (QED) is 0.842. The Hall–Kier alpha value is -1.84. The largest absolute Gasteiger partial charge is 0.467 e. The lowest BCUT2D eigenvalue weighted by molar-refractivity contribution is -0.133. The van der Waals surface area contributed by atoms with Gasteiger partial charge in [0, 0.05) is 25.7 Å². The highest BCUT2D eigenvalue weighted by Gasteiger charge is 2.21. The normalized spacial score (nSPS) is 16.6. The van der Waals surface area contributed by atoms with Crippen molar-refractivity contribution in [3.8, 4) is 6.07 Å². The summed E-state index contributed by atoms with van der Waals surface area (Å²) in [6, 6.07) is 5.99. The lowest BCUT2D eigenvalue weighted by Gasteiger charge is -2.31. The maximum atomic E-state index is 12.4. The van der Waals surface area contributed by atoms with Crippen LogP contribution in [0.15, 0.2) is 22.8 Å². The topological polar surface area (TPSA) is 86.5 Å². The second-order valence-corrected chi connectivity index (χ2v) is 5.42. The van der Waals surface area contributed by atoms with Crippen molar-refractivity contribution in [2.24, 2.45) is 5.73 Å². The molecule has 0 radical (unpaired) electrons. The zero-order valence-corrected chi connectivity index (χ0v) is 12.2. The van der Waals surface area contributed by atoms with Crippen LogP contribution in [0.1, 0.15) is 25.0 Å². The van der Waals surface area contributed by atoms with Gasteiger partial charge in [-0.3, -0.25) is 9.69 Å². The third kappa shape index (κ3) is 4.88. The number of hydrogen-bond acceptors (Lipinski definition) is 5. The van der Waals surface area contributed by atoms with Crippen LogP contribution in [0.3, 0.4) is 0 Å². The van der Waals surface area contributed by atoms with E-state index in [0.29, 0.717) is 26.1 Å². The molecular weight excluding hydrogens is 268 g/mol. The van der Waals surface area contributed by atoms with E-state index in [9.17, 15) is 4.79 Å². The molecule has 2 N–H and O–H groups in total. The summed E-state index contributed by atoms with van der Waals surface area (Å²) in [5, 5.41) is 8.74. The fourth-order valence-corrected chi connectivity index (χ4v) is 2.47. The van der Waals surface area contributed by atoms with Crippen LogP contribution in [0, 0.1) is 11.3 Å². The van der Waals surface area contributed by atoms with Gasteiger partial charge in [0.2, 0.25) is 5.91 Å². The van der Waals surface area contributed by atoms with Crippen molar-refractivity contribution in [3.05, 3.63) is 24.2 Å². The van der Waals surface area contributed by atoms with Crippen LogP contribution in [0.4, 0.5) is 0 Å². The van der Waals surface area contributed by atoms with E-state index in [1.54, 1.807) is 17.2 Å². The summed E-state index contributed by atoms with van der Waals surface area (Å²) in [5.74, 6) is 0.777. The molecular formula is C15H22N4O2. The van der Waals surface area contributed by atoms with Crippen LogP contribution in [-0.2, 0) is 11.3 Å². The highest BCUT2D eigenvalue weighted by Crippen LogP contribution is 2.11. The lowest BCUT2D eigenvalue weighted by atomic mass is 10.1. The first-order valence-corrected chi connectivity index (χ1v) is 7.34. The molecule has 1 fully saturated rings. The molecule has 2 rings (SSSR count). The number of hydrogen-bond donors (Lipinski definition) is 1. The number of carbonyl (C=O) groups is 1. The Morgan fingerprint density at radius 2 is 2.29 bits per heavy atom. The molecule has 1 aliphatic heterocycles. The number of amides is 1. The first-order valence-electron chi connectivity index (χ1n) is 7.34. The Morgan fingerprint density at radius 1 is 1.52 bits per heavy atom. The number of furan rings is 1. The van der Waals surface area contributed by atoms with Crippen LogP contribution in [0.25, 0.3) is 0 Å². The molecule has 1 amide bonds. The Balaban J connectivity index is 1.89. The zero-order chi connectivity index (χ0) is 15.1. The van der Waals surface area contributed by atoms with Crippen molar-refractivity contribution in [3.63, 3.8) is 0 Å². The number of rotatable bonds is 6. The van der Waals surface area contributed by atoms with E-state index in [1.165, 1.54) is 0 Å². The van der Waals surface area contributed by atoms with E-state index in [0.717, 1.165) is 31.7 Å². The van der Waals surface area contributed by atoms with Gasteiger partial charge in [0.15, 0.2) is 0 Å². The first kappa shape index (κ1) is 15.5. The van der Waals surface area contributed by atoms with Gasteiger partial charge in [-0.2, -0.15) is 5.26 Å². The first-order chi connectivity index (χ1) is 10.2. The van der Waals surface area contributed by atoms with Gasteiger partial charge >= 0.3 is 0 Å². The predicted octanol–water partition coefficient (Wildman–Crippen LogP) is 0.945. The predicted molar refractivity (Wildman–Crippen MR) is 78.0 cm³/mol. The summed E-state index contributed by atoms with van der Waals surface area (Å²) >= 11 is 0. The second-order valence-electron chi connectivity index (χ2n) is 5.42. The number of piperidine rings is 1. The molecule has 0 aliphatic carbocycles. The standard InChI is InChI=1S/C15H22N4O2/c16-6-2-7-19(11-14-3-1-10-21-14)15(20)12-18-8-4-13(17)5-9-18/h1,3,10,13H,2,4-5,7-9,11-12,17H2. The summed E-state index contributed by atoms with van der Waals surface area (Å²) in [7, 11) is 0. The molecule has 1 aromatic rings. The third-order valence-corrected chi connectivity index (χ3v) is 3.76. The molecule has 0 bridgehead atoms. The molecule has 2 heterocycles. The van der Waals surface area contributed by atoms with Crippen molar-refractivity contribution in [2.75, 3.05) is 26.2 Å². The molecule has 1 aliphatic rings. The number of likely N-dealkylation sites (tertiary alicyclic amines) is 1. The van der Waals surface area contributed by atoms with E-state index in [4.69, 9.17) is 15.4 Å². The monoisotopic (exact) mass is 290 g/mol. The molecule has 0 aromatic carbocycles. The zero-order valence-electron chi connectivity index (χ0n) is 12.2. The Kier molecular flexibility index (Phi) is 5.78. The molecule has 1 aromatic heterocycles. The third-order valence-electron chi connectivity index (χ3n) is 3.76. The highest BCUT2D eigenvalue weighted by atomic mass is 16.3. The minimum atomic E-state index is 0.0390. The van der Waals surface area contributed by atoms with Crippen LogP contribution >= 0.6 is 0 Å². The summed E-state index contributed by atoms with van der Waals surface area (Å²) in [6.45, 7) is 2.96. The molecule has 0 spiro atoms. The van der Waals surface area contributed by atoms with E-state index >= 15 is 0 Å². The minimum absolute atomic E-state index is 0.0390. The van der Waals surface area contributed by atoms with Gasteiger partial charge in [-0.1, -0.05) is 0 Å². The number of nitrogens with two attached hydrogens (primary N) is 1. The molecule has 114 valence electrons. The van der Waals surface area contributed by atoms with Crippen molar-refractivity contribution < 1.29 is 9.21 Å². The van der Waals surface area contributed by atoms with Gasteiger partial charge in [-0.05, 0) is 25.0 Å². The maximum Gasteiger partial charge on any atom is 0.237 e. The number of nitrogens with zero attached hydrogens (tertiary/aromatic N) is 3. The van der Waals surface area contributed by atoms with Crippen molar-refractivity contribution in [1.82, 2.24) is 9.80 Å². The fourth-order valence-electron chi connectivity index (χ4n) is 2.47. The molecule has 21 heavy (non-hydrogen) atoms. The van der Waals surface area contributed by atoms with E-state index in [2.05, 4.69) is 11.0 Å². The lowest BCUT2D eigenvalue weighted by Crippen LogP contribution is -2.45. The minimum Gasteiger partial charge on any atom is -0.467 e. The second kappa shape index (κ2) is 7.81. The van der Waals surface area contributed by atoms with Crippen molar-refractivity contribution in [2.45, 2.75) is 31.8 Å². The Morgan fingerprint density at radius 3 is 2.90 bits per heavy atom. The van der Waals surface area contributed by atoms with Crippen molar-refractivity contribution >= 4 is 5.91 Å². The van der Waals surface area contributed by atoms with Crippen molar-refractivity contribution in [1.29, 1.82) is 5.26 Å². The SMILES string of the molecule is N#CCCN(Cc1ccco1)C(=O)CN1CCC(N)CC1. The molecule has 1 saturated heterocycles. The summed E-state index contributed by atoms with van der Waals surface area (Å²) < 4.78 is 5.29. The Bertz CT molecular complexity index is 472. The van der Waals surface area contributed by atoms with Crippen LogP contribution < -0.4 is 5.73 Å². The molecule has 0 unspecified atom stereocenters. The Labute approximate surface area is 125 Å². The van der Waals surface area contributed by atoms with Crippen LogP contribution in [-0.4, -0.2) is 47.9 Å². The highest BCUT2D eigenvalue weighted by molar-refractivity contribution is 5.78. The van der Waals surface area contributed by atoms with Crippen LogP contribution in [0.5, 0.6) is 0 Å². The summed E-state index contributed by atoms with van der Waals surface area (Å²) in [4.78, 5) is 16.3. The maximum absolute atomic E-state index is 12.4. The van der Waals surface area contributed by atoms with Gasteiger partial charge in [0.1, 0.15) is 5.76 Å². The van der Waals surface area contributed by atoms with Gasteiger partial charge in [-0.25, -0.2) is 0 Å². The van der Waals surface area contributed by atoms with Gasteiger partial charge in [0.05, 0.1) is 31.8 Å². The molecule has 0 atom stereocenters. The van der Waals surface area contributed by atoms with Gasteiger partial charge in [-0.15, -0.1) is 0 Å². The van der Waals surface area contributed by atoms with E-state index in [1.807, 2.05) is 6.07 Å². The van der Waals surface area contributed by atoms with Gasteiger partial charge < -0.3 is 15.1 Å². The number of carbonyl (C=O) groups excluding carboxylic acids is 1. The number of nitriles is 1. The molecule has 6 heteroatoms. The summed E-state index contributed by atoms with van der Waals surface area (Å²) in [5.41, 5.74) is 5.87. The smallest absolute Gasteiger partial charge is 0.237 e. The van der Waals surface area contributed by atoms with E-state index in [-0.39, 0.29) is 11.9 Å². The fraction of sp³-hybridized carbons (Fsp3) is 0.600. The van der Waals surface area contributed by atoms with E-state index < -0.39 is 0 Å². The van der Waals surface area contributed by atoms with Gasteiger partial charge in [0.25, 0.3) is 0 Å². The average Bonchev–Trinajstić information content (AvgIpc) is 2.98. The molecule has 0 saturated carbocycles. The average molecular weight is 290 g/mol.